The SMILES string of the molecule is O=C(NCCn1c(=O)[nH]c2ccsc2c1=O)C1CC(=O)N(c2ccccc2)C1. The van der Waals surface area contributed by atoms with Crippen molar-refractivity contribution in [3.8, 4) is 0 Å². The molecule has 9 heteroatoms. The van der Waals surface area contributed by atoms with E-state index >= 15 is 0 Å². The standard InChI is InChI=1S/C19H18N4O4S/c24-15-10-12(11-23(15)13-4-2-1-3-5-13)17(25)20-7-8-22-18(26)16-14(6-9-28-16)21-19(22)27/h1-6,9,12H,7-8,10-11H2,(H,20,25)(H,21,27). The zero-order valence-electron chi connectivity index (χ0n) is 14.9. The van der Waals surface area contributed by atoms with Crippen LogP contribution in [0.5, 0.6) is 0 Å². The first-order valence-corrected chi connectivity index (χ1v) is 9.76. The monoisotopic (exact) mass is 398 g/mol. The normalized spacial score (nSPS) is 16.6. The smallest absolute Gasteiger partial charge is 0.328 e. The summed E-state index contributed by atoms with van der Waals surface area (Å²) in [6, 6.07) is 10.9. The Balaban J connectivity index is 1.39. The van der Waals surface area contributed by atoms with Gasteiger partial charge in [-0.3, -0.25) is 19.0 Å². The molecule has 144 valence electrons. The average Bonchev–Trinajstić information content (AvgIpc) is 3.31. The molecule has 8 nitrogen and oxygen atoms in total. The third kappa shape index (κ3) is 3.36. The number of para-hydroxylation sites is 1. The molecule has 0 saturated carbocycles. The molecule has 2 N–H and O–H groups in total. The summed E-state index contributed by atoms with van der Waals surface area (Å²) in [4.78, 5) is 53.4. The highest BCUT2D eigenvalue weighted by atomic mass is 32.1. The van der Waals surface area contributed by atoms with Crippen molar-refractivity contribution < 1.29 is 9.59 Å². The topological polar surface area (TPSA) is 104 Å². The quantitative estimate of drug-likeness (QED) is 0.667. The van der Waals surface area contributed by atoms with E-state index in [-0.39, 0.29) is 36.9 Å². The highest BCUT2D eigenvalue weighted by molar-refractivity contribution is 7.17. The molecule has 0 radical (unpaired) electrons. The fraction of sp³-hybridized carbons (Fsp3) is 0.263. The van der Waals surface area contributed by atoms with Crippen LogP contribution in [0, 0.1) is 5.92 Å². The summed E-state index contributed by atoms with van der Waals surface area (Å²) in [5.41, 5.74) is 0.418. The van der Waals surface area contributed by atoms with Crippen molar-refractivity contribution in [3.63, 3.8) is 0 Å². The van der Waals surface area contributed by atoms with Gasteiger partial charge in [0, 0.05) is 31.7 Å². The van der Waals surface area contributed by atoms with Crippen molar-refractivity contribution in [1.82, 2.24) is 14.9 Å². The van der Waals surface area contributed by atoms with E-state index in [4.69, 9.17) is 0 Å². The van der Waals surface area contributed by atoms with Crippen LogP contribution in [0.15, 0.2) is 51.4 Å². The number of rotatable bonds is 5. The molecule has 1 saturated heterocycles. The van der Waals surface area contributed by atoms with Gasteiger partial charge in [0.15, 0.2) is 0 Å². The second-order valence-electron chi connectivity index (χ2n) is 6.58. The van der Waals surface area contributed by atoms with E-state index < -0.39 is 11.6 Å². The van der Waals surface area contributed by atoms with Crippen LogP contribution < -0.4 is 21.5 Å². The number of aromatic nitrogens is 2. The van der Waals surface area contributed by atoms with Crippen LogP contribution in [0.3, 0.4) is 0 Å². The minimum absolute atomic E-state index is 0.0663. The largest absolute Gasteiger partial charge is 0.354 e. The molecule has 1 aliphatic rings. The van der Waals surface area contributed by atoms with Gasteiger partial charge in [-0.15, -0.1) is 11.3 Å². The third-order valence-electron chi connectivity index (χ3n) is 4.79. The van der Waals surface area contributed by atoms with Crippen LogP contribution in [0.2, 0.25) is 0 Å². The van der Waals surface area contributed by atoms with E-state index in [2.05, 4.69) is 10.3 Å². The summed E-state index contributed by atoms with van der Waals surface area (Å²) in [6.07, 6.45) is 0.141. The van der Waals surface area contributed by atoms with Gasteiger partial charge in [0.05, 0.1) is 11.4 Å². The number of H-pyrrole nitrogens is 1. The molecule has 2 aromatic heterocycles. The minimum Gasteiger partial charge on any atom is -0.354 e. The molecule has 0 bridgehead atoms. The molecule has 4 rings (SSSR count). The molecule has 1 fully saturated rings. The Hall–Kier alpha value is -3.20. The minimum atomic E-state index is -0.503. The Morgan fingerprint density at radius 2 is 1.96 bits per heavy atom. The Bertz CT molecular complexity index is 1150. The van der Waals surface area contributed by atoms with Crippen molar-refractivity contribution in [2.45, 2.75) is 13.0 Å². The van der Waals surface area contributed by atoms with Gasteiger partial charge in [-0.2, -0.15) is 0 Å². The maximum atomic E-state index is 12.4. The molecule has 0 aliphatic carbocycles. The fourth-order valence-electron chi connectivity index (χ4n) is 3.35. The third-order valence-corrected chi connectivity index (χ3v) is 5.69. The number of carbonyl (C=O) groups is 2. The molecule has 2 amide bonds. The maximum absolute atomic E-state index is 12.4. The van der Waals surface area contributed by atoms with E-state index in [1.54, 1.807) is 16.3 Å². The lowest BCUT2D eigenvalue weighted by Crippen LogP contribution is -2.40. The van der Waals surface area contributed by atoms with Crippen molar-refractivity contribution in [1.29, 1.82) is 0 Å². The molecule has 3 heterocycles. The number of aromatic amines is 1. The Kier molecular flexibility index (Phi) is 4.82. The van der Waals surface area contributed by atoms with Crippen molar-refractivity contribution in [2.24, 2.45) is 5.92 Å². The van der Waals surface area contributed by atoms with Gasteiger partial charge < -0.3 is 15.2 Å². The van der Waals surface area contributed by atoms with Crippen LogP contribution in [-0.2, 0) is 16.1 Å². The van der Waals surface area contributed by atoms with Crippen LogP contribution in [-0.4, -0.2) is 34.5 Å². The molecular weight excluding hydrogens is 380 g/mol. The number of hydrogen-bond acceptors (Lipinski definition) is 5. The summed E-state index contributed by atoms with van der Waals surface area (Å²) in [5.74, 6) is -0.807. The van der Waals surface area contributed by atoms with Crippen molar-refractivity contribution in [2.75, 3.05) is 18.0 Å². The predicted octanol–water partition coefficient (Wildman–Crippen LogP) is 0.921. The van der Waals surface area contributed by atoms with Gasteiger partial charge in [0.25, 0.3) is 5.56 Å². The summed E-state index contributed by atoms with van der Waals surface area (Å²) < 4.78 is 1.56. The van der Waals surface area contributed by atoms with E-state index in [0.717, 1.165) is 10.3 Å². The summed E-state index contributed by atoms with van der Waals surface area (Å²) >= 11 is 1.26. The molecular formula is C19H18N4O4S. The molecule has 28 heavy (non-hydrogen) atoms. The zero-order chi connectivity index (χ0) is 19.7. The second-order valence-corrected chi connectivity index (χ2v) is 7.50. The predicted molar refractivity (Wildman–Crippen MR) is 107 cm³/mol. The zero-order valence-corrected chi connectivity index (χ0v) is 15.7. The van der Waals surface area contributed by atoms with Gasteiger partial charge in [0.2, 0.25) is 11.8 Å². The molecule has 3 aromatic rings. The first-order valence-electron chi connectivity index (χ1n) is 8.88. The summed E-state index contributed by atoms with van der Waals surface area (Å²) in [5, 5.41) is 4.47. The van der Waals surface area contributed by atoms with Crippen molar-refractivity contribution >= 4 is 39.1 Å². The summed E-state index contributed by atoms with van der Waals surface area (Å²) in [6.45, 7) is 0.516. The van der Waals surface area contributed by atoms with Gasteiger partial charge in [-0.25, -0.2) is 4.79 Å². The molecule has 0 spiro atoms. The van der Waals surface area contributed by atoms with Gasteiger partial charge in [-0.05, 0) is 23.6 Å². The van der Waals surface area contributed by atoms with Crippen molar-refractivity contribution in [3.05, 3.63) is 62.6 Å². The van der Waals surface area contributed by atoms with Gasteiger partial charge in [0.1, 0.15) is 4.70 Å². The number of hydrogen-bond donors (Lipinski definition) is 2. The Morgan fingerprint density at radius 3 is 2.75 bits per heavy atom. The lowest BCUT2D eigenvalue weighted by molar-refractivity contribution is -0.126. The van der Waals surface area contributed by atoms with E-state index in [1.807, 2.05) is 30.3 Å². The second kappa shape index (κ2) is 7.43. The fourth-order valence-corrected chi connectivity index (χ4v) is 4.15. The number of thiophene rings is 1. The van der Waals surface area contributed by atoms with Crippen LogP contribution in [0.4, 0.5) is 5.69 Å². The van der Waals surface area contributed by atoms with Crippen LogP contribution in [0.25, 0.3) is 10.2 Å². The number of fused-ring (bicyclic) bond motifs is 1. The number of nitrogens with zero attached hydrogens (tertiary/aromatic N) is 2. The lowest BCUT2D eigenvalue weighted by atomic mass is 10.1. The maximum Gasteiger partial charge on any atom is 0.328 e. The average molecular weight is 398 g/mol. The number of anilines is 1. The first kappa shape index (κ1) is 18.2. The molecule has 1 atom stereocenters. The summed E-state index contributed by atoms with van der Waals surface area (Å²) in [7, 11) is 0. The van der Waals surface area contributed by atoms with Crippen LogP contribution >= 0.6 is 11.3 Å². The first-order chi connectivity index (χ1) is 13.5. The molecule has 1 unspecified atom stereocenters. The van der Waals surface area contributed by atoms with Crippen LogP contribution in [0.1, 0.15) is 6.42 Å². The Morgan fingerprint density at radius 1 is 1.18 bits per heavy atom. The van der Waals surface area contributed by atoms with Gasteiger partial charge >= 0.3 is 5.69 Å². The number of nitrogens with one attached hydrogen (secondary N) is 2. The molecule has 1 aromatic carbocycles. The number of amides is 2. The highest BCUT2D eigenvalue weighted by Crippen LogP contribution is 2.24. The molecule has 1 aliphatic heterocycles. The lowest BCUT2D eigenvalue weighted by Gasteiger charge is -2.16. The van der Waals surface area contributed by atoms with E-state index in [0.29, 0.717) is 16.8 Å². The van der Waals surface area contributed by atoms with Gasteiger partial charge in [-0.1, -0.05) is 18.2 Å². The Labute approximate surface area is 163 Å². The van der Waals surface area contributed by atoms with E-state index in [9.17, 15) is 19.2 Å². The highest BCUT2D eigenvalue weighted by Gasteiger charge is 2.34. The number of carbonyl (C=O) groups excluding carboxylic acids is 2. The number of benzene rings is 1. The van der Waals surface area contributed by atoms with E-state index in [1.165, 1.54) is 11.3 Å².